The topological polar surface area (TPSA) is 59.5 Å². The van der Waals surface area contributed by atoms with E-state index in [2.05, 4.69) is 31.2 Å². The van der Waals surface area contributed by atoms with E-state index in [1.54, 1.807) is 0 Å². The summed E-state index contributed by atoms with van der Waals surface area (Å²) in [6.45, 7) is 3.65. The second kappa shape index (κ2) is 6.99. The Bertz CT molecular complexity index is 821. The first-order valence-electron chi connectivity index (χ1n) is 9.80. The average molecular weight is 387 g/mol. The molecule has 4 unspecified atom stereocenters. The minimum absolute atomic E-state index is 0. The molecule has 5 heteroatoms. The van der Waals surface area contributed by atoms with Gasteiger partial charge in [-0.25, -0.2) is 0 Å². The Morgan fingerprint density at radius 3 is 2.33 bits per heavy atom. The minimum atomic E-state index is 0. The van der Waals surface area contributed by atoms with Crippen molar-refractivity contribution in [2.45, 2.75) is 43.6 Å². The van der Waals surface area contributed by atoms with Crippen molar-refractivity contribution in [2.75, 3.05) is 13.1 Å². The van der Waals surface area contributed by atoms with Crippen LogP contribution in [0.25, 0.3) is 0 Å². The first-order valence-corrected chi connectivity index (χ1v) is 9.80. The molecular formula is C22H27ClN2O2. The van der Waals surface area contributed by atoms with Crippen molar-refractivity contribution in [2.24, 2.45) is 17.6 Å². The average Bonchev–Trinajstić information content (AvgIpc) is 3.50. The summed E-state index contributed by atoms with van der Waals surface area (Å²) in [5.74, 6) is 4.28. The molecule has 3 fully saturated rings. The van der Waals surface area contributed by atoms with Crippen LogP contribution in [0.4, 0.5) is 0 Å². The molecule has 1 aromatic heterocycles. The molecule has 3 aliphatic rings. The predicted octanol–water partition coefficient (Wildman–Crippen LogP) is 3.88. The fourth-order valence-corrected chi connectivity index (χ4v) is 4.56. The Morgan fingerprint density at radius 2 is 1.67 bits per heavy atom. The molecule has 2 aromatic rings. The number of likely N-dealkylation sites (tertiary alicyclic amines) is 1. The van der Waals surface area contributed by atoms with Crippen molar-refractivity contribution in [1.29, 1.82) is 0 Å². The zero-order valence-corrected chi connectivity index (χ0v) is 16.4. The van der Waals surface area contributed by atoms with Gasteiger partial charge in [0, 0.05) is 42.8 Å². The highest BCUT2D eigenvalue weighted by Gasteiger charge is 2.50. The van der Waals surface area contributed by atoms with E-state index in [0.29, 0.717) is 12.5 Å². The van der Waals surface area contributed by atoms with Crippen LogP contribution in [0, 0.1) is 11.8 Å². The van der Waals surface area contributed by atoms with Crippen molar-refractivity contribution < 1.29 is 9.21 Å². The molecular weight excluding hydrogens is 360 g/mol. The van der Waals surface area contributed by atoms with Crippen LogP contribution in [0.2, 0.25) is 0 Å². The molecule has 1 aromatic carbocycles. The molecule has 2 N–H and O–H groups in total. The van der Waals surface area contributed by atoms with Gasteiger partial charge in [-0.05, 0) is 36.5 Å². The summed E-state index contributed by atoms with van der Waals surface area (Å²) in [5.41, 5.74) is 7.58. The van der Waals surface area contributed by atoms with Gasteiger partial charge in [-0.1, -0.05) is 37.3 Å². The van der Waals surface area contributed by atoms with E-state index < -0.39 is 0 Å². The van der Waals surface area contributed by atoms with Gasteiger partial charge in [-0.15, -0.1) is 12.4 Å². The third-order valence-corrected chi connectivity index (χ3v) is 6.50. The van der Waals surface area contributed by atoms with E-state index in [1.165, 1.54) is 12.0 Å². The van der Waals surface area contributed by atoms with E-state index in [1.807, 2.05) is 23.1 Å². The molecule has 4 nitrogen and oxygen atoms in total. The van der Waals surface area contributed by atoms with Gasteiger partial charge in [0.15, 0.2) is 0 Å². The number of benzene rings is 1. The molecule has 6 atom stereocenters. The number of hydrogen-bond donors (Lipinski definition) is 1. The first kappa shape index (κ1) is 18.6. The van der Waals surface area contributed by atoms with Crippen molar-refractivity contribution in [1.82, 2.24) is 4.90 Å². The van der Waals surface area contributed by atoms with Gasteiger partial charge in [0.05, 0.1) is 0 Å². The maximum atomic E-state index is 12.9. The third-order valence-electron chi connectivity index (χ3n) is 6.50. The van der Waals surface area contributed by atoms with Crippen LogP contribution >= 0.6 is 12.4 Å². The normalized spacial score (nSPS) is 34.2. The second-order valence-corrected chi connectivity index (χ2v) is 8.43. The van der Waals surface area contributed by atoms with Crippen LogP contribution in [0.15, 0.2) is 46.9 Å². The predicted molar refractivity (Wildman–Crippen MR) is 107 cm³/mol. The van der Waals surface area contributed by atoms with Crippen LogP contribution in [0.5, 0.6) is 0 Å². The van der Waals surface area contributed by atoms with Crippen molar-refractivity contribution in [3.8, 4) is 0 Å². The number of amides is 1. The lowest BCUT2D eigenvalue weighted by Gasteiger charge is -2.16. The Hall–Kier alpha value is -1.78. The lowest BCUT2D eigenvalue weighted by Crippen LogP contribution is -2.33. The number of nitrogens with zero attached hydrogens (tertiary/aromatic N) is 1. The molecule has 5 rings (SSSR count). The molecule has 2 heterocycles. The Kier molecular flexibility index (Phi) is 4.81. The summed E-state index contributed by atoms with van der Waals surface area (Å²) >= 11 is 0. The largest absolute Gasteiger partial charge is 0.465 e. The second-order valence-electron chi connectivity index (χ2n) is 8.43. The van der Waals surface area contributed by atoms with Crippen LogP contribution in [-0.4, -0.2) is 29.9 Å². The van der Waals surface area contributed by atoms with Crippen molar-refractivity contribution >= 4 is 18.3 Å². The molecule has 1 aliphatic heterocycles. The van der Waals surface area contributed by atoms with Gasteiger partial charge in [-0.2, -0.15) is 0 Å². The van der Waals surface area contributed by atoms with E-state index in [0.717, 1.165) is 30.4 Å². The standard InChI is InChI=1S/C22H26N2O2.ClH/c1-13-9-15(13)20-7-8-21(26-20)16-10-17(16)22(25)24-11-18(19(23)12-24)14-5-3-2-4-6-14;/h2-8,13,15-19H,9-12,23H2,1H3;1H/t13?,15?,16?,17?,18-,19+;/m0./s1. The van der Waals surface area contributed by atoms with Crippen LogP contribution < -0.4 is 5.73 Å². The molecule has 2 aliphatic carbocycles. The monoisotopic (exact) mass is 386 g/mol. The summed E-state index contributed by atoms with van der Waals surface area (Å²) in [6, 6.07) is 14.5. The Labute approximate surface area is 166 Å². The highest BCUT2D eigenvalue weighted by atomic mass is 35.5. The number of carbonyl (C=O) groups is 1. The van der Waals surface area contributed by atoms with Crippen molar-refractivity contribution in [3.05, 3.63) is 59.5 Å². The zero-order valence-electron chi connectivity index (χ0n) is 15.6. The highest BCUT2D eigenvalue weighted by molar-refractivity contribution is 5.85. The summed E-state index contributed by atoms with van der Waals surface area (Å²) in [7, 11) is 0. The number of nitrogens with two attached hydrogens (primary N) is 1. The van der Waals surface area contributed by atoms with Gasteiger partial charge in [0.2, 0.25) is 5.91 Å². The van der Waals surface area contributed by atoms with Gasteiger partial charge in [-0.3, -0.25) is 4.79 Å². The molecule has 27 heavy (non-hydrogen) atoms. The summed E-state index contributed by atoms with van der Waals surface area (Å²) in [5, 5.41) is 0. The maximum absolute atomic E-state index is 12.9. The zero-order chi connectivity index (χ0) is 17.8. The quantitative estimate of drug-likeness (QED) is 0.867. The Balaban J connectivity index is 0.00000180. The fourth-order valence-electron chi connectivity index (χ4n) is 4.56. The van der Waals surface area contributed by atoms with Crippen molar-refractivity contribution in [3.63, 3.8) is 0 Å². The molecule has 0 spiro atoms. The van der Waals surface area contributed by atoms with E-state index in [9.17, 15) is 4.79 Å². The lowest BCUT2D eigenvalue weighted by atomic mass is 9.95. The van der Waals surface area contributed by atoms with Gasteiger partial charge in [0.1, 0.15) is 11.5 Å². The lowest BCUT2D eigenvalue weighted by molar-refractivity contribution is -0.131. The van der Waals surface area contributed by atoms with Crippen LogP contribution in [-0.2, 0) is 4.79 Å². The number of furan rings is 1. The Morgan fingerprint density at radius 1 is 1.00 bits per heavy atom. The minimum Gasteiger partial charge on any atom is -0.465 e. The number of rotatable bonds is 4. The maximum Gasteiger partial charge on any atom is 0.226 e. The number of carbonyl (C=O) groups excluding carboxylic acids is 1. The van der Waals surface area contributed by atoms with E-state index in [4.69, 9.17) is 10.2 Å². The summed E-state index contributed by atoms with van der Waals surface area (Å²) in [6.07, 6.45) is 2.14. The van der Waals surface area contributed by atoms with E-state index >= 15 is 0 Å². The number of halogens is 1. The fraction of sp³-hybridized carbons (Fsp3) is 0.500. The van der Waals surface area contributed by atoms with Crippen LogP contribution in [0.1, 0.15) is 54.6 Å². The molecule has 1 saturated heterocycles. The highest BCUT2D eigenvalue weighted by Crippen LogP contribution is 2.52. The molecule has 2 saturated carbocycles. The molecule has 0 radical (unpaired) electrons. The van der Waals surface area contributed by atoms with E-state index in [-0.39, 0.29) is 42.1 Å². The smallest absolute Gasteiger partial charge is 0.226 e. The van der Waals surface area contributed by atoms with Gasteiger partial charge >= 0.3 is 0 Å². The van der Waals surface area contributed by atoms with Gasteiger partial charge < -0.3 is 15.1 Å². The SMILES string of the molecule is CC1CC1c1ccc(C2CC2C(=O)N2C[C@@H](N)[C@H](c3ccccc3)C2)o1.Cl. The summed E-state index contributed by atoms with van der Waals surface area (Å²) < 4.78 is 6.06. The molecule has 144 valence electrons. The summed E-state index contributed by atoms with van der Waals surface area (Å²) in [4.78, 5) is 14.9. The molecule has 1 amide bonds. The van der Waals surface area contributed by atoms with Gasteiger partial charge in [0.25, 0.3) is 0 Å². The first-order chi connectivity index (χ1) is 12.6. The van der Waals surface area contributed by atoms with Crippen LogP contribution in [0.3, 0.4) is 0 Å². The molecule has 0 bridgehead atoms. The third kappa shape index (κ3) is 3.41. The number of hydrogen-bond acceptors (Lipinski definition) is 3.